The molecule has 1 unspecified atom stereocenters. The molecule has 0 saturated heterocycles. The highest BCUT2D eigenvalue weighted by molar-refractivity contribution is 7.99. The van der Waals surface area contributed by atoms with Gasteiger partial charge in [0.15, 0.2) is 0 Å². The third-order valence-corrected chi connectivity index (χ3v) is 7.92. The lowest BCUT2D eigenvalue weighted by atomic mass is 9.93. The molecule has 1 aliphatic carbocycles. The highest BCUT2D eigenvalue weighted by Gasteiger charge is 2.24. The lowest BCUT2D eigenvalue weighted by molar-refractivity contribution is -0.139. The summed E-state index contributed by atoms with van der Waals surface area (Å²) in [5, 5.41) is 12.0. The molecule has 0 aromatic heterocycles. The molecular weight excluding hydrogens is 518 g/mol. The van der Waals surface area contributed by atoms with E-state index in [2.05, 4.69) is 96.3 Å². The van der Waals surface area contributed by atoms with E-state index in [1.165, 1.54) is 33.4 Å². The van der Waals surface area contributed by atoms with Gasteiger partial charge in [-0.1, -0.05) is 72.8 Å². The number of aliphatic carboxylic acids is 1. The largest absolute Gasteiger partial charge is 0.480 e. The number of carboxylic acids is 1. The number of carbonyl (C=O) groups excluding carboxylic acids is 1. The van der Waals surface area contributed by atoms with Crippen LogP contribution in [0.15, 0.2) is 95.9 Å². The summed E-state index contributed by atoms with van der Waals surface area (Å²) in [5.41, 5.74) is 9.49. The van der Waals surface area contributed by atoms with Gasteiger partial charge in [0.05, 0.1) is 0 Å². The van der Waals surface area contributed by atoms with E-state index in [1.807, 2.05) is 0 Å². The van der Waals surface area contributed by atoms with E-state index in [4.69, 9.17) is 4.74 Å². The van der Waals surface area contributed by atoms with Gasteiger partial charge in [-0.15, -0.1) is 11.8 Å². The number of hydrogen-bond donors (Lipinski definition) is 2. The molecule has 2 N–H and O–H groups in total. The summed E-state index contributed by atoms with van der Waals surface area (Å²) in [4.78, 5) is 24.7. The summed E-state index contributed by atoms with van der Waals surface area (Å²) in [6.45, 7) is 5.22. The Balaban J connectivity index is 1.24. The van der Waals surface area contributed by atoms with Gasteiger partial charge >= 0.3 is 12.1 Å². The summed E-state index contributed by atoms with van der Waals surface area (Å²) in [6, 6.07) is 31.2. The first-order chi connectivity index (χ1) is 19.2. The molecule has 5 rings (SSSR count). The number of fused-ring (bicyclic) bond motifs is 3. The van der Waals surface area contributed by atoms with E-state index in [0.717, 1.165) is 22.4 Å². The Hall–Kier alpha value is -4.03. The summed E-state index contributed by atoms with van der Waals surface area (Å²) >= 11 is 1.56. The van der Waals surface area contributed by atoms with Gasteiger partial charge < -0.3 is 15.2 Å². The van der Waals surface area contributed by atoms with Crippen molar-refractivity contribution >= 4 is 23.8 Å². The molecule has 0 heterocycles. The maximum atomic E-state index is 12.0. The number of amides is 1. The third-order valence-electron chi connectivity index (χ3n) is 6.88. The van der Waals surface area contributed by atoms with Gasteiger partial charge in [0.25, 0.3) is 0 Å². The number of benzene rings is 4. The van der Waals surface area contributed by atoms with Crippen LogP contribution in [0.5, 0.6) is 0 Å². The average molecular weight is 552 g/mol. The molecule has 0 aliphatic heterocycles. The molecule has 0 bridgehead atoms. The highest BCUT2D eigenvalue weighted by atomic mass is 32.2. The molecule has 40 heavy (non-hydrogen) atoms. The van der Waals surface area contributed by atoms with Crippen LogP contribution in [0.4, 0.5) is 4.79 Å². The molecule has 204 valence electrons. The molecule has 0 fully saturated rings. The molecular formula is C34H33NO4S. The van der Waals surface area contributed by atoms with Gasteiger partial charge in [-0.05, 0) is 96.3 Å². The van der Waals surface area contributed by atoms with E-state index >= 15 is 0 Å². The Labute approximate surface area is 239 Å². The van der Waals surface area contributed by atoms with E-state index < -0.39 is 23.7 Å². The molecule has 0 saturated carbocycles. The van der Waals surface area contributed by atoms with E-state index in [9.17, 15) is 14.7 Å². The van der Waals surface area contributed by atoms with Crippen LogP contribution >= 0.6 is 11.8 Å². The molecule has 6 heteroatoms. The molecule has 4 aromatic carbocycles. The number of nitrogens with one attached hydrogen (secondary N) is 1. The van der Waals surface area contributed by atoms with E-state index in [0.29, 0.717) is 5.75 Å². The Bertz CT molecular complexity index is 1540. The van der Waals surface area contributed by atoms with Crippen molar-refractivity contribution in [3.63, 3.8) is 0 Å². The normalized spacial score (nSPS) is 12.8. The molecule has 1 aliphatic rings. The lowest BCUT2D eigenvalue weighted by Crippen LogP contribution is -2.43. The molecule has 1 atom stereocenters. The van der Waals surface area contributed by atoms with Crippen molar-refractivity contribution in [3.05, 3.63) is 102 Å². The number of ether oxygens (including phenoxy) is 1. The first-order valence-electron chi connectivity index (χ1n) is 13.4. The summed E-state index contributed by atoms with van der Waals surface area (Å²) in [7, 11) is 0. The average Bonchev–Trinajstić information content (AvgIpc) is 3.31. The van der Waals surface area contributed by atoms with E-state index in [1.54, 1.807) is 32.5 Å². The predicted octanol–water partition coefficient (Wildman–Crippen LogP) is 8.05. The third kappa shape index (κ3) is 6.40. The number of rotatable bonds is 8. The van der Waals surface area contributed by atoms with Crippen LogP contribution in [-0.2, 0) is 16.0 Å². The second kappa shape index (κ2) is 11.6. The van der Waals surface area contributed by atoms with Crippen LogP contribution in [0.25, 0.3) is 33.4 Å². The van der Waals surface area contributed by atoms with Crippen molar-refractivity contribution in [2.24, 2.45) is 0 Å². The predicted molar refractivity (Wildman–Crippen MR) is 162 cm³/mol. The Kier molecular flexibility index (Phi) is 7.99. The van der Waals surface area contributed by atoms with Crippen LogP contribution < -0.4 is 5.32 Å². The molecule has 5 nitrogen and oxygen atoms in total. The van der Waals surface area contributed by atoms with Crippen molar-refractivity contribution in [1.82, 2.24) is 5.32 Å². The van der Waals surface area contributed by atoms with Crippen molar-refractivity contribution in [2.45, 2.75) is 50.2 Å². The first kappa shape index (κ1) is 27.5. The highest BCUT2D eigenvalue weighted by Crippen LogP contribution is 2.42. The van der Waals surface area contributed by atoms with Crippen molar-refractivity contribution in [1.29, 1.82) is 0 Å². The summed E-state index contributed by atoms with van der Waals surface area (Å²) < 4.78 is 5.19. The monoisotopic (exact) mass is 551 g/mol. The SMILES string of the molecule is CC(C)(C)OC(=O)NC(CCSc1ccc(-c2cccc(-c3cccc4c3Cc3ccccc3-4)c2)cc1)C(=O)O. The molecule has 0 spiro atoms. The molecule has 4 aromatic rings. The van der Waals surface area contributed by atoms with Gasteiger partial charge in [-0.3, -0.25) is 0 Å². The quantitative estimate of drug-likeness (QED) is 0.191. The minimum absolute atomic E-state index is 0.286. The zero-order valence-electron chi connectivity index (χ0n) is 22.9. The van der Waals surface area contributed by atoms with Crippen LogP contribution in [0.1, 0.15) is 38.3 Å². The topological polar surface area (TPSA) is 75.6 Å². The second-order valence-corrected chi connectivity index (χ2v) is 12.1. The minimum atomic E-state index is -1.07. The smallest absolute Gasteiger partial charge is 0.408 e. The van der Waals surface area contributed by atoms with Crippen LogP contribution in [0, 0.1) is 0 Å². The number of carbonyl (C=O) groups is 2. The summed E-state index contributed by atoms with van der Waals surface area (Å²) in [6.07, 6.45) is 0.517. The van der Waals surface area contributed by atoms with Crippen molar-refractivity contribution in [3.8, 4) is 33.4 Å². The molecule has 1 amide bonds. The van der Waals surface area contributed by atoms with Gasteiger partial charge in [-0.25, -0.2) is 9.59 Å². The number of carboxylic acid groups (broad SMARTS) is 1. The maximum Gasteiger partial charge on any atom is 0.408 e. The fraction of sp³-hybridized carbons (Fsp3) is 0.235. The van der Waals surface area contributed by atoms with Crippen molar-refractivity contribution in [2.75, 3.05) is 5.75 Å². The van der Waals surface area contributed by atoms with Gasteiger partial charge in [0.1, 0.15) is 11.6 Å². The second-order valence-electron chi connectivity index (χ2n) is 10.9. The lowest BCUT2D eigenvalue weighted by Gasteiger charge is -2.21. The van der Waals surface area contributed by atoms with Gasteiger partial charge in [0, 0.05) is 10.6 Å². The van der Waals surface area contributed by atoms with Crippen LogP contribution in [0.3, 0.4) is 0 Å². The zero-order chi connectivity index (χ0) is 28.3. The Morgan fingerprint density at radius 3 is 2.27 bits per heavy atom. The van der Waals surface area contributed by atoms with Crippen LogP contribution in [0.2, 0.25) is 0 Å². The zero-order valence-corrected chi connectivity index (χ0v) is 23.8. The fourth-order valence-corrected chi connectivity index (χ4v) is 5.96. The molecule has 0 radical (unpaired) electrons. The standard InChI is InChI=1S/C34H33NO4S/c1-34(2,3)39-33(38)35-31(32(36)37)18-19-40-26-16-14-22(15-17-26)23-9-6-10-24(20-23)28-12-7-13-29-27-11-5-4-8-25(27)21-30(28)29/h4-17,20,31H,18-19,21H2,1-3H3,(H,35,38)(H,36,37). The number of hydrogen-bond acceptors (Lipinski definition) is 4. The maximum absolute atomic E-state index is 12.0. The Morgan fingerprint density at radius 2 is 1.52 bits per heavy atom. The van der Waals surface area contributed by atoms with Gasteiger partial charge in [0.2, 0.25) is 0 Å². The van der Waals surface area contributed by atoms with E-state index in [-0.39, 0.29) is 6.42 Å². The van der Waals surface area contributed by atoms with Gasteiger partial charge in [-0.2, -0.15) is 0 Å². The fourth-order valence-electron chi connectivity index (χ4n) is 5.04. The van der Waals surface area contributed by atoms with Crippen LogP contribution in [-0.4, -0.2) is 34.6 Å². The Morgan fingerprint density at radius 1 is 0.850 bits per heavy atom. The number of thioether (sulfide) groups is 1. The first-order valence-corrected chi connectivity index (χ1v) is 14.4. The summed E-state index contributed by atoms with van der Waals surface area (Å²) in [5.74, 6) is -0.530. The van der Waals surface area contributed by atoms with Crippen molar-refractivity contribution < 1.29 is 19.4 Å². The minimum Gasteiger partial charge on any atom is -0.480 e. The number of alkyl carbamates (subject to hydrolysis) is 1.